The van der Waals surface area contributed by atoms with Gasteiger partial charge >= 0.3 is 0 Å². The Balaban J connectivity index is 1.34. The first-order chi connectivity index (χ1) is 16.1. The number of rotatable bonds is 8. The smallest absolute Gasteiger partial charge is 0.191 e. The lowest BCUT2D eigenvalue weighted by atomic mass is 9.88. The van der Waals surface area contributed by atoms with Crippen LogP contribution < -0.4 is 16.0 Å². The zero-order valence-electron chi connectivity index (χ0n) is 20.1. The summed E-state index contributed by atoms with van der Waals surface area (Å²) in [6.07, 6.45) is 5.01. The molecule has 0 bridgehead atoms. The van der Waals surface area contributed by atoms with Gasteiger partial charge in [-0.1, -0.05) is 42.5 Å². The first-order valence-electron chi connectivity index (χ1n) is 12.0. The van der Waals surface area contributed by atoms with Crippen LogP contribution in [0.4, 0.5) is 0 Å². The highest BCUT2D eigenvalue weighted by molar-refractivity contribution is 5.86. The van der Waals surface area contributed by atoms with Gasteiger partial charge in [-0.3, -0.25) is 4.99 Å². The minimum absolute atomic E-state index is 0.0287. The van der Waals surface area contributed by atoms with Crippen molar-refractivity contribution in [2.45, 2.75) is 44.7 Å². The van der Waals surface area contributed by atoms with E-state index in [2.05, 4.69) is 94.5 Å². The SMILES string of the molecule is CN=C(NCCc1c[nH]c2cccc(C)c12)NCC1(NC(C)c2ccccc2)CCOCC1. The monoisotopic (exact) mass is 447 g/mol. The molecule has 33 heavy (non-hydrogen) atoms. The molecule has 1 aliphatic rings. The fourth-order valence-corrected chi connectivity index (χ4v) is 4.86. The number of hydrogen-bond acceptors (Lipinski definition) is 3. The Kier molecular flexibility index (Phi) is 7.68. The van der Waals surface area contributed by atoms with Crippen molar-refractivity contribution >= 4 is 16.9 Å². The highest BCUT2D eigenvalue weighted by Gasteiger charge is 2.34. The molecular weight excluding hydrogens is 410 g/mol. The molecule has 1 aliphatic heterocycles. The van der Waals surface area contributed by atoms with Crippen molar-refractivity contribution in [3.63, 3.8) is 0 Å². The van der Waals surface area contributed by atoms with E-state index in [1.807, 2.05) is 7.05 Å². The summed E-state index contributed by atoms with van der Waals surface area (Å²) in [5.41, 5.74) is 5.13. The Morgan fingerprint density at radius 2 is 1.88 bits per heavy atom. The summed E-state index contributed by atoms with van der Waals surface area (Å²) >= 11 is 0. The van der Waals surface area contributed by atoms with Crippen LogP contribution >= 0.6 is 0 Å². The van der Waals surface area contributed by atoms with E-state index < -0.39 is 0 Å². The van der Waals surface area contributed by atoms with E-state index in [1.165, 1.54) is 27.6 Å². The van der Waals surface area contributed by atoms with E-state index in [9.17, 15) is 0 Å². The number of nitrogens with one attached hydrogen (secondary N) is 4. The van der Waals surface area contributed by atoms with Gasteiger partial charge in [-0.25, -0.2) is 0 Å². The van der Waals surface area contributed by atoms with E-state index in [-0.39, 0.29) is 11.6 Å². The van der Waals surface area contributed by atoms with E-state index in [1.54, 1.807) is 0 Å². The number of aliphatic imine (C=N–C) groups is 1. The number of aromatic amines is 1. The van der Waals surface area contributed by atoms with Gasteiger partial charge in [0.25, 0.3) is 0 Å². The Morgan fingerprint density at radius 1 is 1.09 bits per heavy atom. The summed E-state index contributed by atoms with van der Waals surface area (Å²) in [5.74, 6) is 0.839. The maximum atomic E-state index is 5.68. The second-order valence-corrected chi connectivity index (χ2v) is 9.08. The minimum atomic E-state index is -0.0287. The van der Waals surface area contributed by atoms with Crippen LogP contribution in [-0.2, 0) is 11.2 Å². The largest absolute Gasteiger partial charge is 0.381 e. The van der Waals surface area contributed by atoms with Crippen LogP contribution in [0.3, 0.4) is 0 Å². The van der Waals surface area contributed by atoms with Gasteiger partial charge in [0, 0.05) is 62.0 Å². The van der Waals surface area contributed by atoms with E-state index in [4.69, 9.17) is 4.74 Å². The van der Waals surface area contributed by atoms with Crippen molar-refractivity contribution in [3.8, 4) is 0 Å². The van der Waals surface area contributed by atoms with Gasteiger partial charge in [-0.2, -0.15) is 0 Å². The number of benzene rings is 2. The molecule has 6 nitrogen and oxygen atoms in total. The third-order valence-corrected chi connectivity index (χ3v) is 6.77. The van der Waals surface area contributed by atoms with Crippen LogP contribution in [0.1, 0.15) is 42.5 Å². The molecule has 1 aromatic heterocycles. The molecule has 4 N–H and O–H groups in total. The van der Waals surface area contributed by atoms with Crippen LogP contribution in [0.15, 0.2) is 59.7 Å². The van der Waals surface area contributed by atoms with Crippen molar-refractivity contribution in [2.75, 3.05) is 33.4 Å². The summed E-state index contributed by atoms with van der Waals surface area (Å²) in [7, 11) is 1.84. The Morgan fingerprint density at radius 3 is 2.64 bits per heavy atom. The number of H-pyrrole nitrogens is 1. The minimum Gasteiger partial charge on any atom is -0.381 e. The molecule has 0 spiro atoms. The standard InChI is InChI=1S/C27H37N5O/c1-20-8-7-11-24-25(20)23(18-30-24)12-15-29-26(28-3)31-19-27(13-16-33-17-14-27)32-21(2)22-9-5-4-6-10-22/h4-11,18,21,30,32H,12-17,19H2,1-3H3,(H2,28,29,31). The van der Waals surface area contributed by atoms with Gasteiger partial charge in [0.1, 0.15) is 0 Å². The fraction of sp³-hybridized carbons (Fsp3) is 0.444. The van der Waals surface area contributed by atoms with Crippen molar-refractivity contribution in [1.29, 1.82) is 0 Å². The maximum absolute atomic E-state index is 5.68. The lowest BCUT2D eigenvalue weighted by Crippen LogP contribution is -2.58. The number of guanidine groups is 1. The first-order valence-corrected chi connectivity index (χ1v) is 12.0. The van der Waals surface area contributed by atoms with Crippen LogP contribution in [0.5, 0.6) is 0 Å². The van der Waals surface area contributed by atoms with Gasteiger partial charge in [-0.05, 0) is 55.9 Å². The Hall–Kier alpha value is -2.83. The molecule has 1 saturated heterocycles. The lowest BCUT2D eigenvalue weighted by molar-refractivity contribution is 0.0355. The normalized spacial score (nSPS) is 17.1. The molecule has 2 aromatic carbocycles. The van der Waals surface area contributed by atoms with E-state index in [0.29, 0.717) is 0 Å². The predicted octanol–water partition coefficient (Wildman–Crippen LogP) is 4.08. The molecule has 2 heterocycles. The van der Waals surface area contributed by atoms with E-state index >= 15 is 0 Å². The third kappa shape index (κ3) is 5.75. The zero-order valence-corrected chi connectivity index (χ0v) is 20.1. The predicted molar refractivity (Wildman–Crippen MR) is 137 cm³/mol. The van der Waals surface area contributed by atoms with Crippen LogP contribution in [0.25, 0.3) is 10.9 Å². The van der Waals surface area contributed by atoms with Gasteiger partial charge in [0.2, 0.25) is 0 Å². The van der Waals surface area contributed by atoms with Gasteiger partial charge < -0.3 is 25.7 Å². The van der Waals surface area contributed by atoms with Gasteiger partial charge in [-0.15, -0.1) is 0 Å². The summed E-state index contributed by atoms with van der Waals surface area (Å²) in [5, 5.41) is 12.3. The Bertz CT molecular complexity index is 1050. The number of fused-ring (bicyclic) bond motifs is 1. The molecule has 1 fully saturated rings. The number of aromatic nitrogens is 1. The highest BCUT2D eigenvalue weighted by atomic mass is 16.5. The molecule has 0 aliphatic carbocycles. The fourth-order valence-electron chi connectivity index (χ4n) is 4.86. The summed E-state index contributed by atoms with van der Waals surface area (Å²) in [4.78, 5) is 7.86. The van der Waals surface area contributed by atoms with Crippen molar-refractivity contribution in [1.82, 2.24) is 20.9 Å². The molecule has 0 radical (unpaired) electrons. The molecule has 4 rings (SSSR count). The second kappa shape index (κ2) is 10.9. The molecule has 3 aromatic rings. The molecule has 0 saturated carbocycles. The van der Waals surface area contributed by atoms with Crippen molar-refractivity contribution in [2.24, 2.45) is 4.99 Å². The van der Waals surface area contributed by atoms with Gasteiger partial charge in [0.15, 0.2) is 5.96 Å². The number of ether oxygens (including phenoxy) is 1. The number of hydrogen-bond donors (Lipinski definition) is 4. The number of aryl methyl sites for hydroxylation is 1. The number of nitrogens with zero attached hydrogens (tertiary/aromatic N) is 1. The van der Waals surface area contributed by atoms with Crippen LogP contribution in [0.2, 0.25) is 0 Å². The molecule has 6 heteroatoms. The average Bonchev–Trinajstić information content (AvgIpc) is 3.27. The molecule has 1 unspecified atom stereocenters. The van der Waals surface area contributed by atoms with Crippen LogP contribution in [-0.4, -0.2) is 49.8 Å². The van der Waals surface area contributed by atoms with Gasteiger partial charge in [0.05, 0.1) is 0 Å². The lowest BCUT2D eigenvalue weighted by Gasteiger charge is -2.41. The summed E-state index contributed by atoms with van der Waals surface area (Å²) in [6.45, 7) is 7.60. The highest BCUT2D eigenvalue weighted by Crippen LogP contribution is 2.25. The summed E-state index contributed by atoms with van der Waals surface area (Å²) < 4.78 is 5.68. The van der Waals surface area contributed by atoms with Crippen LogP contribution in [0, 0.1) is 6.92 Å². The molecule has 176 valence electrons. The average molecular weight is 448 g/mol. The molecule has 0 amide bonds. The van der Waals surface area contributed by atoms with Crippen molar-refractivity contribution < 1.29 is 4.74 Å². The Labute approximate surface area is 197 Å². The zero-order chi connectivity index (χ0) is 23.1. The van der Waals surface area contributed by atoms with Crippen molar-refractivity contribution in [3.05, 3.63) is 71.4 Å². The quantitative estimate of drug-likeness (QED) is 0.310. The second-order valence-electron chi connectivity index (χ2n) is 9.08. The topological polar surface area (TPSA) is 73.5 Å². The van der Waals surface area contributed by atoms with E-state index in [0.717, 1.165) is 51.5 Å². The maximum Gasteiger partial charge on any atom is 0.191 e. The summed E-state index contributed by atoms with van der Waals surface area (Å²) in [6, 6.07) is 17.3. The molecular formula is C27H37N5O. The third-order valence-electron chi connectivity index (χ3n) is 6.77. The first kappa shape index (κ1) is 23.3. The molecule has 1 atom stereocenters.